The van der Waals surface area contributed by atoms with Crippen LogP contribution in [0.4, 0.5) is 0 Å². The first-order valence-corrected chi connectivity index (χ1v) is 7.58. The highest BCUT2D eigenvalue weighted by atomic mass is 14.5. The molecule has 4 rings (SSSR count). The van der Waals surface area contributed by atoms with E-state index in [1.165, 1.54) is 44.9 Å². The van der Waals surface area contributed by atoms with Gasteiger partial charge in [0.25, 0.3) is 0 Å². The maximum atomic E-state index is 2.55. The fourth-order valence-corrected chi connectivity index (χ4v) is 4.84. The Kier molecular flexibility index (Phi) is 2.24. The van der Waals surface area contributed by atoms with Crippen molar-refractivity contribution < 1.29 is 0 Å². The van der Waals surface area contributed by atoms with Crippen LogP contribution in [0.25, 0.3) is 5.57 Å². The highest BCUT2D eigenvalue weighted by Crippen LogP contribution is 2.57. The molecule has 1 aromatic carbocycles. The van der Waals surface area contributed by atoms with E-state index in [4.69, 9.17) is 0 Å². The Labute approximate surface area is 110 Å². The first-order chi connectivity index (χ1) is 8.78. The van der Waals surface area contributed by atoms with Gasteiger partial charge in [0.05, 0.1) is 0 Å². The van der Waals surface area contributed by atoms with Gasteiger partial charge in [-0.3, -0.25) is 0 Å². The normalized spacial score (nSPS) is 33.9. The smallest absolute Gasteiger partial charge is 0.0143 e. The van der Waals surface area contributed by atoms with Crippen LogP contribution in [0.2, 0.25) is 0 Å². The first kappa shape index (κ1) is 10.8. The van der Waals surface area contributed by atoms with Crippen molar-refractivity contribution >= 4 is 5.57 Å². The summed E-state index contributed by atoms with van der Waals surface area (Å²) in [7, 11) is 0. The topological polar surface area (TPSA) is 0 Å². The molecule has 3 aliphatic rings. The van der Waals surface area contributed by atoms with Gasteiger partial charge in [-0.2, -0.15) is 0 Å². The van der Waals surface area contributed by atoms with Gasteiger partial charge in [-0.25, -0.2) is 0 Å². The molecule has 0 aliphatic heterocycles. The van der Waals surface area contributed by atoms with Crippen molar-refractivity contribution in [1.29, 1.82) is 0 Å². The van der Waals surface area contributed by atoms with Gasteiger partial charge in [-0.1, -0.05) is 43.2 Å². The fraction of sp³-hybridized carbons (Fsp3) is 0.556. The predicted octanol–water partition coefficient (Wildman–Crippen LogP) is 4.99. The zero-order valence-electron chi connectivity index (χ0n) is 11.3. The van der Waals surface area contributed by atoms with Crippen molar-refractivity contribution in [2.24, 2.45) is 11.3 Å². The molecule has 0 radical (unpaired) electrons. The summed E-state index contributed by atoms with van der Waals surface area (Å²) >= 11 is 0. The zero-order valence-corrected chi connectivity index (χ0v) is 11.3. The van der Waals surface area contributed by atoms with Crippen molar-refractivity contribution in [2.75, 3.05) is 0 Å². The molecule has 2 atom stereocenters. The molecule has 1 fully saturated rings. The molecule has 94 valence electrons. The van der Waals surface area contributed by atoms with E-state index >= 15 is 0 Å². The Morgan fingerprint density at radius 1 is 1.06 bits per heavy atom. The lowest BCUT2D eigenvalue weighted by atomic mass is 9.63. The first-order valence-electron chi connectivity index (χ1n) is 7.58. The van der Waals surface area contributed by atoms with Crippen LogP contribution in [0.5, 0.6) is 0 Å². The second-order valence-electron chi connectivity index (χ2n) is 6.76. The van der Waals surface area contributed by atoms with Crippen LogP contribution in [0, 0.1) is 11.3 Å². The number of allylic oxidation sites excluding steroid dienone is 2. The average molecular weight is 238 g/mol. The molecule has 0 bridgehead atoms. The number of hydrogen-bond acceptors (Lipinski definition) is 0. The SMILES string of the molecule is CC12CCCC1C1=C(CC2)c2ccccc2CC1. The average Bonchev–Trinajstić information content (AvgIpc) is 2.80. The lowest BCUT2D eigenvalue weighted by molar-refractivity contribution is 0.226. The molecule has 18 heavy (non-hydrogen) atoms. The van der Waals surface area contributed by atoms with Crippen LogP contribution in [0.3, 0.4) is 0 Å². The van der Waals surface area contributed by atoms with E-state index in [2.05, 4.69) is 31.2 Å². The Morgan fingerprint density at radius 3 is 2.89 bits per heavy atom. The van der Waals surface area contributed by atoms with Crippen LogP contribution in [0.1, 0.15) is 56.6 Å². The highest BCUT2D eigenvalue weighted by Gasteiger charge is 2.44. The molecule has 1 saturated carbocycles. The maximum absolute atomic E-state index is 2.55. The molecule has 2 unspecified atom stereocenters. The fourth-order valence-electron chi connectivity index (χ4n) is 4.84. The van der Waals surface area contributed by atoms with Crippen LogP contribution in [-0.2, 0) is 6.42 Å². The number of hydrogen-bond donors (Lipinski definition) is 0. The Bertz CT molecular complexity index is 523. The van der Waals surface area contributed by atoms with Gasteiger partial charge in [-0.05, 0) is 66.6 Å². The minimum atomic E-state index is 0.644. The van der Waals surface area contributed by atoms with Gasteiger partial charge in [0.15, 0.2) is 0 Å². The molecule has 0 heterocycles. The summed E-state index contributed by atoms with van der Waals surface area (Å²) in [4.78, 5) is 0. The summed E-state index contributed by atoms with van der Waals surface area (Å²) in [5.74, 6) is 0.912. The van der Waals surface area contributed by atoms with Gasteiger partial charge < -0.3 is 0 Å². The molecule has 3 aliphatic carbocycles. The molecule has 0 N–H and O–H groups in total. The third-order valence-electron chi connectivity index (χ3n) is 5.84. The quantitative estimate of drug-likeness (QED) is 0.597. The van der Waals surface area contributed by atoms with E-state index < -0.39 is 0 Å². The van der Waals surface area contributed by atoms with Gasteiger partial charge >= 0.3 is 0 Å². The number of benzene rings is 1. The number of aryl methyl sites for hydroxylation is 1. The minimum absolute atomic E-state index is 0.644. The van der Waals surface area contributed by atoms with E-state index in [0.717, 1.165) is 5.92 Å². The highest BCUT2D eigenvalue weighted by molar-refractivity contribution is 5.74. The van der Waals surface area contributed by atoms with Crippen molar-refractivity contribution in [2.45, 2.75) is 51.9 Å². The van der Waals surface area contributed by atoms with E-state index in [-0.39, 0.29) is 0 Å². The van der Waals surface area contributed by atoms with Crippen LogP contribution in [-0.4, -0.2) is 0 Å². The standard InChI is InChI=1S/C18H22/c1-18-11-4-7-17(18)16-9-8-13-5-2-3-6-14(13)15(16)10-12-18/h2-3,5-6,17H,4,7-12H2,1H3. The maximum Gasteiger partial charge on any atom is -0.0143 e. The van der Waals surface area contributed by atoms with Crippen molar-refractivity contribution in [3.05, 3.63) is 41.0 Å². The second-order valence-corrected chi connectivity index (χ2v) is 6.76. The molecule has 0 heteroatoms. The van der Waals surface area contributed by atoms with Crippen LogP contribution >= 0.6 is 0 Å². The second kappa shape index (κ2) is 3.73. The Hall–Kier alpha value is -1.04. The van der Waals surface area contributed by atoms with Gasteiger partial charge in [0.1, 0.15) is 0 Å². The minimum Gasteiger partial charge on any atom is -0.0624 e. The van der Waals surface area contributed by atoms with E-state index in [1.807, 2.05) is 5.57 Å². The zero-order chi connectivity index (χ0) is 12.2. The summed E-state index contributed by atoms with van der Waals surface area (Å²) < 4.78 is 0. The molecule has 0 nitrogen and oxygen atoms in total. The predicted molar refractivity (Wildman–Crippen MR) is 76.4 cm³/mol. The van der Waals surface area contributed by atoms with Gasteiger partial charge in [-0.15, -0.1) is 0 Å². The number of rotatable bonds is 0. The van der Waals surface area contributed by atoms with Crippen molar-refractivity contribution in [1.82, 2.24) is 0 Å². The molecular formula is C18H22. The molecule has 0 aromatic heterocycles. The van der Waals surface area contributed by atoms with E-state index in [1.54, 1.807) is 16.7 Å². The molecule has 0 spiro atoms. The number of fused-ring (bicyclic) bond motifs is 4. The van der Waals surface area contributed by atoms with Gasteiger partial charge in [0.2, 0.25) is 0 Å². The summed E-state index contributed by atoms with van der Waals surface area (Å²) in [5.41, 5.74) is 7.41. The lowest BCUT2D eigenvalue weighted by Gasteiger charge is -2.42. The largest absolute Gasteiger partial charge is 0.0624 e. The summed E-state index contributed by atoms with van der Waals surface area (Å²) in [5, 5.41) is 0. The summed E-state index contributed by atoms with van der Waals surface area (Å²) in [6, 6.07) is 9.12. The summed E-state index contributed by atoms with van der Waals surface area (Å²) in [6.45, 7) is 2.55. The third-order valence-corrected chi connectivity index (χ3v) is 5.84. The monoisotopic (exact) mass is 238 g/mol. The molecular weight excluding hydrogens is 216 g/mol. The molecule has 0 amide bonds. The summed E-state index contributed by atoms with van der Waals surface area (Å²) in [6.07, 6.45) is 9.76. The van der Waals surface area contributed by atoms with E-state index in [9.17, 15) is 0 Å². The lowest BCUT2D eigenvalue weighted by Crippen LogP contribution is -2.29. The van der Waals surface area contributed by atoms with E-state index in [0.29, 0.717) is 5.41 Å². The van der Waals surface area contributed by atoms with Crippen LogP contribution in [0.15, 0.2) is 29.8 Å². The van der Waals surface area contributed by atoms with Crippen molar-refractivity contribution in [3.8, 4) is 0 Å². The molecule has 0 saturated heterocycles. The third kappa shape index (κ3) is 1.38. The van der Waals surface area contributed by atoms with Crippen LogP contribution < -0.4 is 0 Å². The van der Waals surface area contributed by atoms with Gasteiger partial charge in [0, 0.05) is 0 Å². The molecule has 1 aromatic rings. The Morgan fingerprint density at radius 2 is 1.94 bits per heavy atom. The Balaban J connectivity index is 1.85. The van der Waals surface area contributed by atoms with Crippen molar-refractivity contribution in [3.63, 3.8) is 0 Å².